The van der Waals surface area contributed by atoms with Gasteiger partial charge < -0.3 is 0 Å². The Balaban J connectivity index is 2.13. The van der Waals surface area contributed by atoms with Crippen molar-refractivity contribution >= 4 is 21.6 Å². The molecule has 0 aliphatic rings. The fourth-order valence-electron chi connectivity index (χ4n) is 2.59. The number of benzene rings is 1. The number of hydrogen-bond acceptors (Lipinski definition) is 4. The summed E-state index contributed by atoms with van der Waals surface area (Å²) in [5, 5.41) is 9.54. The Morgan fingerprint density at radius 3 is 2.78 bits per heavy atom. The molecule has 4 nitrogen and oxygen atoms in total. The van der Waals surface area contributed by atoms with Crippen molar-refractivity contribution < 1.29 is 0 Å². The molecule has 0 atom stereocenters. The molecule has 0 N–H and O–H groups in total. The van der Waals surface area contributed by atoms with E-state index in [4.69, 9.17) is 10.2 Å². The van der Waals surface area contributed by atoms with Gasteiger partial charge in [-0.15, -0.1) is 11.3 Å². The normalized spacial score (nSPS) is 10.8. The molecule has 0 bridgehead atoms. The van der Waals surface area contributed by atoms with Gasteiger partial charge in [0.2, 0.25) is 0 Å². The third kappa shape index (κ3) is 3.17. The molecule has 3 rings (SSSR count). The Morgan fingerprint density at radius 1 is 1.30 bits per heavy atom. The first-order chi connectivity index (χ1) is 11.2. The molecule has 2 heterocycles. The third-order valence-corrected chi connectivity index (χ3v) is 4.96. The van der Waals surface area contributed by atoms with Crippen molar-refractivity contribution in [2.75, 3.05) is 0 Å². The summed E-state index contributed by atoms with van der Waals surface area (Å²) in [6.45, 7) is 2.46. The highest BCUT2D eigenvalue weighted by atomic mass is 32.1. The van der Waals surface area contributed by atoms with Crippen molar-refractivity contribution in [3.8, 4) is 6.07 Å². The molecule has 116 valence electrons. The largest absolute Gasteiger partial charge is 0.295 e. The number of thiophene rings is 1. The number of aryl methyl sites for hydroxylation is 1. The number of rotatable bonds is 5. The van der Waals surface area contributed by atoms with Crippen LogP contribution in [0.15, 0.2) is 41.2 Å². The van der Waals surface area contributed by atoms with Crippen molar-refractivity contribution in [1.82, 2.24) is 9.55 Å². The average Bonchev–Trinajstić information content (AvgIpc) is 2.99. The van der Waals surface area contributed by atoms with Gasteiger partial charge in [-0.2, -0.15) is 5.26 Å². The van der Waals surface area contributed by atoms with Crippen molar-refractivity contribution in [2.24, 2.45) is 0 Å². The summed E-state index contributed by atoms with van der Waals surface area (Å²) in [6.07, 6.45) is 1.79. The Labute approximate surface area is 138 Å². The summed E-state index contributed by atoms with van der Waals surface area (Å²) in [4.78, 5) is 19.5. The molecule has 0 aliphatic heterocycles. The van der Waals surface area contributed by atoms with Gasteiger partial charge >= 0.3 is 0 Å². The van der Waals surface area contributed by atoms with Crippen LogP contribution in [0.1, 0.15) is 29.6 Å². The lowest BCUT2D eigenvalue weighted by atomic mass is 10.1. The molecule has 0 saturated carbocycles. The quantitative estimate of drug-likeness (QED) is 0.722. The van der Waals surface area contributed by atoms with E-state index in [1.807, 2.05) is 36.4 Å². The second kappa shape index (κ2) is 6.76. The predicted octanol–water partition coefficient (Wildman–Crippen LogP) is 3.52. The lowest BCUT2D eigenvalue weighted by Crippen LogP contribution is -2.25. The molecule has 0 amide bonds. The molecule has 5 heteroatoms. The first-order valence-corrected chi connectivity index (χ1v) is 8.47. The maximum Gasteiger partial charge on any atom is 0.262 e. The van der Waals surface area contributed by atoms with Crippen LogP contribution >= 0.6 is 11.3 Å². The van der Waals surface area contributed by atoms with Crippen molar-refractivity contribution in [1.29, 1.82) is 5.26 Å². The molecule has 0 aliphatic carbocycles. The lowest BCUT2D eigenvalue weighted by molar-refractivity contribution is 0.639. The fraction of sp³-hybridized carbons (Fsp3) is 0.278. The van der Waals surface area contributed by atoms with Crippen LogP contribution in [0.25, 0.3) is 10.2 Å². The molecule has 0 fully saturated rings. The van der Waals surface area contributed by atoms with Crippen molar-refractivity contribution in [3.63, 3.8) is 0 Å². The zero-order chi connectivity index (χ0) is 16.2. The second-order valence-corrected chi connectivity index (χ2v) is 6.46. The Hall–Kier alpha value is -2.45. The van der Waals surface area contributed by atoms with Crippen LogP contribution in [0.2, 0.25) is 0 Å². The number of hydrogen-bond donors (Lipinski definition) is 0. The maximum absolute atomic E-state index is 12.8. The van der Waals surface area contributed by atoms with E-state index in [2.05, 4.69) is 13.0 Å². The van der Waals surface area contributed by atoms with Crippen molar-refractivity contribution in [3.05, 3.63) is 63.0 Å². The van der Waals surface area contributed by atoms with Gasteiger partial charge in [-0.3, -0.25) is 9.36 Å². The Morgan fingerprint density at radius 2 is 2.09 bits per heavy atom. The monoisotopic (exact) mass is 323 g/mol. The van der Waals surface area contributed by atoms with Crippen LogP contribution in [0.5, 0.6) is 0 Å². The van der Waals surface area contributed by atoms with Crippen LogP contribution < -0.4 is 5.56 Å². The van der Waals surface area contributed by atoms with E-state index in [0.717, 1.165) is 27.5 Å². The minimum atomic E-state index is -0.0351. The van der Waals surface area contributed by atoms with E-state index in [-0.39, 0.29) is 5.56 Å². The molecule has 0 spiro atoms. The standard InChI is InChI=1S/C18H17N3OS/c1-2-14-12-15-17(23-14)20-16(11-13-7-4-3-5-8-13)21(18(15)22)10-6-9-19/h3-5,7-8,12H,2,6,10-11H2,1H3. The second-order valence-electron chi connectivity index (χ2n) is 5.34. The summed E-state index contributed by atoms with van der Waals surface area (Å²) >= 11 is 1.58. The molecule has 23 heavy (non-hydrogen) atoms. The van der Waals surface area contributed by atoms with Crippen molar-refractivity contribution in [2.45, 2.75) is 32.7 Å². The van der Waals surface area contributed by atoms with Gasteiger partial charge in [0.05, 0.1) is 17.9 Å². The summed E-state index contributed by atoms with van der Waals surface area (Å²) in [6, 6.07) is 14.0. The van der Waals surface area contributed by atoms with E-state index >= 15 is 0 Å². The summed E-state index contributed by atoms with van der Waals surface area (Å²) in [5.41, 5.74) is 1.07. The van der Waals surface area contributed by atoms with Crippen LogP contribution in [0.4, 0.5) is 0 Å². The summed E-state index contributed by atoms with van der Waals surface area (Å²) < 4.78 is 1.66. The highest BCUT2D eigenvalue weighted by Crippen LogP contribution is 2.22. The van der Waals surface area contributed by atoms with E-state index in [9.17, 15) is 4.79 Å². The summed E-state index contributed by atoms with van der Waals surface area (Å²) in [7, 11) is 0. The van der Waals surface area contributed by atoms with Gasteiger partial charge in [0, 0.05) is 17.8 Å². The van der Waals surface area contributed by atoms with Gasteiger partial charge in [0.25, 0.3) is 5.56 Å². The number of nitrogens with zero attached hydrogens (tertiary/aromatic N) is 3. The molecule has 2 aromatic heterocycles. The fourth-order valence-corrected chi connectivity index (χ4v) is 3.56. The third-order valence-electron chi connectivity index (χ3n) is 3.78. The average molecular weight is 323 g/mol. The van der Waals surface area contributed by atoms with Crippen LogP contribution in [0.3, 0.4) is 0 Å². The van der Waals surface area contributed by atoms with Gasteiger partial charge in [0.15, 0.2) is 0 Å². The molecule has 3 aromatic rings. The van der Waals surface area contributed by atoms with E-state index in [1.165, 1.54) is 0 Å². The zero-order valence-corrected chi connectivity index (χ0v) is 13.8. The number of aromatic nitrogens is 2. The molecule has 0 unspecified atom stereocenters. The van der Waals surface area contributed by atoms with Crippen LogP contribution in [-0.4, -0.2) is 9.55 Å². The van der Waals surface area contributed by atoms with Gasteiger partial charge in [-0.1, -0.05) is 37.3 Å². The molecule has 0 radical (unpaired) electrons. The smallest absolute Gasteiger partial charge is 0.262 e. The molecule has 1 aromatic carbocycles. The van der Waals surface area contributed by atoms with Gasteiger partial charge in [-0.05, 0) is 18.1 Å². The number of nitriles is 1. The SMILES string of the molecule is CCc1cc2c(=O)n(CCC#N)c(Cc3ccccc3)nc2s1. The van der Waals surface area contributed by atoms with E-state index in [0.29, 0.717) is 24.8 Å². The van der Waals surface area contributed by atoms with E-state index in [1.54, 1.807) is 15.9 Å². The first kappa shape index (κ1) is 15.4. The minimum Gasteiger partial charge on any atom is -0.295 e. The van der Waals surface area contributed by atoms with Gasteiger partial charge in [-0.25, -0.2) is 4.98 Å². The highest BCUT2D eigenvalue weighted by Gasteiger charge is 2.14. The molecular weight excluding hydrogens is 306 g/mol. The maximum atomic E-state index is 12.8. The molecular formula is C18H17N3OS. The highest BCUT2D eigenvalue weighted by molar-refractivity contribution is 7.18. The minimum absolute atomic E-state index is 0.0351. The Bertz CT molecular complexity index is 919. The zero-order valence-electron chi connectivity index (χ0n) is 13.0. The van der Waals surface area contributed by atoms with Crippen LogP contribution in [-0.2, 0) is 19.4 Å². The lowest BCUT2D eigenvalue weighted by Gasteiger charge is -2.11. The predicted molar refractivity (Wildman–Crippen MR) is 92.7 cm³/mol. The number of fused-ring (bicyclic) bond motifs is 1. The van der Waals surface area contributed by atoms with Crippen LogP contribution in [0, 0.1) is 11.3 Å². The van der Waals surface area contributed by atoms with E-state index < -0.39 is 0 Å². The van der Waals surface area contributed by atoms with Gasteiger partial charge in [0.1, 0.15) is 10.7 Å². The first-order valence-electron chi connectivity index (χ1n) is 7.66. The summed E-state index contributed by atoms with van der Waals surface area (Å²) in [5.74, 6) is 0.730. The molecule has 0 saturated heterocycles. The topological polar surface area (TPSA) is 58.7 Å². The Kier molecular flexibility index (Phi) is 4.54.